The Hall–Kier alpha value is -1.88. The number of para-hydroxylation sites is 1. The molecule has 0 aliphatic carbocycles. The largest absolute Gasteiger partial charge is 0.493 e. The van der Waals surface area contributed by atoms with E-state index in [-0.39, 0.29) is 5.78 Å². The van der Waals surface area contributed by atoms with E-state index in [9.17, 15) is 14.7 Å². The Balaban J connectivity index is 1.98. The summed E-state index contributed by atoms with van der Waals surface area (Å²) in [4.78, 5) is 25.6. The number of carbonyl (C=O) groups is 2. The molecule has 22 heavy (non-hydrogen) atoms. The van der Waals surface area contributed by atoms with E-state index in [2.05, 4.69) is 0 Å². The van der Waals surface area contributed by atoms with Gasteiger partial charge in [-0.05, 0) is 38.4 Å². The molecule has 0 spiro atoms. The summed E-state index contributed by atoms with van der Waals surface area (Å²) in [5, 5.41) is 9.26. The van der Waals surface area contributed by atoms with E-state index in [1.165, 1.54) is 0 Å². The lowest BCUT2D eigenvalue weighted by molar-refractivity contribution is -0.144. The molecule has 0 bridgehead atoms. The number of hydrogen-bond donors (Lipinski definition) is 1. The molecule has 1 aliphatic heterocycles. The first-order valence-electron chi connectivity index (χ1n) is 7.85. The highest BCUT2D eigenvalue weighted by Gasteiger charge is 2.28. The highest BCUT2D eigenvalue weighted by Crippen LogP contribution is 2.21. The lowest BCUT2D eigenvalue weighted by Crippen LogP contribution is -2.45. The number of carbonyl (C=O) groups excluding carboxylic acids is 1. The number of Topliss-reactive ketones (excluding diaryl/α,β-unsaturated/α-hetero) is 1. The quantitative estimate of drug-likeness (QED) is 0.784. The van der Waals surface area contributed by atoms with Crippen LogP contribution in [0.5, 0.6) is 5.75 Å². The summed E-state index contributed by atoms with van der Waals surface area (Å²) in [6.07, 6.45) is 2.91. The third-order valence-electron chi connectivity index (χ3n) is 4.01. The first kappa shape index (κ1) is 16.5. The van der Waals surface area contributed by atoms with E-state index >= 15 is 0 Å². The van der Waals surface area contributed by atoms with Gasteiger partial charge in [-0.15, -0.1) is 0 Å². The van der Waals surface area contributed by atoms with Gasteiger partial charge in [0, 0.05) is 13.0 Å². The smallest absolute Gasteiger partial charge is 0.320 e. The van der Waals surface area contributed by atoms with E-state index in [1.807, 2.05) is 24.0 Å². The van der Waals surface area contributed by atoms with Gasteiger partial charge in [0.2, 0.25) is 0 Å². The molecule has 5 nitrogen and oxygen atoms in total. The van der Waals surface area contributed by atoms with Crippen molar-refractivity contribution in [2.45, 2.75) is 38.6 Å². The Morgan fingerprint density at radius 3 is 2.82 bits per heavy atom. The van der Waals surface area contributed by atoms with Crippen molar-refractivity contribution in [2.24, 2.45) is 0 Å². The van der Waals surface area contributed by atoms with Crippen LogP contribution in [-0.4, -0.2) is 47.5 Å². The maximum atomic E-state index is 12.4. The minimum absolute atomic E-state index is 0.00115. The molecule has 1 aromatic rings. The summed E-state index contributed by atoms with van der Waals surface area (Å²) in [6.45, 7) is 3.62. The second kappa shape index (κ2) is 7.94. The molecule has 1 N–H and O–H groups in total. The zero-order valence-corrected chi connectivity index (χ0v) is 13.0. The molecule has 1 unspecified atom stereocenters. The molecule has 5 heteroatoms. The number of rotatable bonds is 7. The fourth-order valence-corrected chi connectivity index (χ4v) is 2.90. The van der Waals surface area contributed by atoms with Crippen LogP contribution in [0.4, 0.5) is 0 Å². The van der Waals surface area contributed by atoms with Gasteiger partial charge in [0.15, 0.2) is 5.78 Å². The number of carboxylic acids is 1. The van der Waals surface area contributed by atoms with Crippen LogP contribution in [0.2, 0.25) is 0 Å². The van der Waals surface area contributed by atoms with E-state index in [1.54, 1.807) is 12.1 Å². The third kappa shape index (κ3) is 4.07. The number of likely N-dealkylation sites (tertiary alicyclic amines) is 1. The summed E-state index contributed by atoms with van der Waals surface area (Å²) in [5.41, 5.74) is 0.577. The monoisotopic (exact) mass is 305 g/mol. The number of aliphatic carboxylic acids is 1. The summed E-state index contributed by atoms with van der Waals surface area (Å²) < 4.78 is 5.48. The van der Waals surface area contributed by atoms with Gasteiger partial charge in [-0.2, -0.15) is 0 Å². The van der Waals surface area contributed by atoms with Gasteiger partial charge >= 0.3 is 5.97 Å². The molecule has 0 radical (unpaired) electrons. The van der Waals surface area contributed by atoms with Crippen LogP contribution in [0.3, 0.4) is 0 Å². The van der Waals surface area contributed by atoms with Crippen LogP contribution in [0.1, 0.15) is 43.0 Å². The zero-order valence-electron chi connectivity index (χ0n) is 13.0. The van der Waals surface area contributed by atoms with Gasteiger partial charge in [-0.25, -0.2) is 0 Å². The summed E-state index contributed by atoms with van der Waals surface area (Å²) in [6, 6.07) is 6.75. The van der Waals surface area contributed by atoms with E-state index in [0.29, 0.717) is 37.3 Å². The average molecular weight is 305 g/mol. The SMILES string of the molecule is CCOc1ccccc1C(=O)CCN1CCCCC1C(=O)O. The van der Waals surface area contributed by atoms with Crippen molar-refractivity contribution in [3.05, 3.63) is 29.8 Å². The van der Waals surface area contributed by atoms with Gasteiger partial charge in [-0.3, -0.25) is 14.5 Å². The Labute approximate surface area is 130 Å². The molecule has 1 saturated heterocycles. The number of piperidine rings is 1. The predicted octanol–water partition coefficient (Wildman–Crippen LogP) is 2.60. The van der Waals surface area contributed by atoms with Crippen LogP contribution < -0.4 is 4.74 Å². The Kier molecular flexibility index (Phi) is 5.95. The highest BCUT2D eigenvalue weighted by atomic mass is 16.5. The topological polar surface area (TPSA) is 66.8 Å². The number of nitrogens with zero attached hydrogens (tertiary/aromatic N) is 1. The maximum Gasteiger partial charge on any atom is 0.320 e. The molecule has 120 valence electrons. The number of benzene rings is 1. The molecule has 1 heterocycles. The predicted molar refractivity (Wildman–Crippen MR) is 83.4 cm³/mol. The van der Waals surface area contributed by atoms with E-state index in [0.717, 1.165) is 19.4 Å². The second-order valence-corrected chi connectivity index (χ2v) is 5.49. The average Bonchev–Trinajstić information content (AvgIpc) is 2.53. The van der Waals surface area contributed by atoms with Crippen molar-refractivity contribution in [1.29, 1.82) is 0 Å². The van der Waals surface area contributed by atoms with E-state index in [4.69, 9.17) is 4.74 Å². The fraction of sp³-hybridized carbons (Fsp3) is 0.529. The molecule has 0 amide bonds. The first-order chi connectivity index (χ1) is 10.6. The minimum atomic E-state index is -0.790. The van der Waals surface area contributed by atoms with Crippen LogP contribution in [0, 0.1) is 0 Å². The lowest BCUT2D eigenvalue weighted by Gasteiger charge is -2.32. The number of ether oxygens (including phenoxy) is 1. The van der Waals surface area contributed by atoms with Gasteiger partial charge in [0.25, 0.3) is 0 Å². The summed E-state index contributed by atoms with van der Waals surface area (Å²) >= 11 is 0. The van der Waals surface area contributed by atoms with Crippen LogP contribution in [-0.2, 0) is 4.79 Å². The van der Waals surface area contributed by atoms with Crippen LogP contribution >= 0.6 is 0 Å². The molecule has 1 fully saturated rings. The Bertz CT molecular complexity index is 529. The Morgan fingerprint density at radius 1 is 1.32 bits per heavy atom. The zero-order chi connectivity index (χ0) is 15.9. The van der Waals surface area contributed by atoms with Gasteiger partial charge < -0.3 is 9.84 Å². The van der Waals surface area contributed by atoms with Crippen LogP contribution in [0.15, 0.2) is 24.3 Å². The van der Waals surface area contributed by atoms with Crippen molar-refractivity contribution in [1.82, 2.24) is 4.90 Å². The molecule has 1 aromatic carbocycles. The number of ketones is 1. The van der Waals surface area contributed by atoms with Gasteiger partial charge in [0.05, 0.1) is 12.2 Å². The summed E-state index contributed by atoms with van der Waals surface area (Å²) in [7, 11) is 0. The molecule has 1 aliphatic rings. The van der Waals surface area contributed by atoms with Crippen molar-refractivity contribution in [2.75, 3.05) is 19.7 Å². The first-order valence-corrected chi connectivity index (χ1v) is 7.85. The highest BCUT2D eigenvalue weighted by molar-refractivity contribution is 5.98. The molecular formula is C17H23NO4. The second-order valence-electron chi connectivity index (χ2n) is 5.49. The fourth-order valence-electron chi connectivity index (χ4n) is 2.90. The Morgan fingerprint density at radius 2 is 2.09 bits per heavy atom. The van der Waals surface area contributed by atoms with Gasteiger partial charge in [0.1, 0.15) is 11.8 Å². The normalized spacial score (nSPS) is 18.9. The van der Waals surface area contributed by atoms with Crippen molar-refractivity contribution < 1.29 is 19.4 Å². The molecular weight excluding hydrogens is 282 g/mol. The number of hydrogen-bond acceptors (Lipinski definition) is 4. The molecule has 0 aromatic heterocycles. The van der Waals surface area contributed by atoms with Crippen molar-refractivity contribution in [3.63, 3.8) is 0 Å². The molecule has 2 rings (SSSR count). The minimum Gasteiger partial charge on any atom is -0.493 e. The van der Waals surface area contributed by atoms with E-state index < -0.39 is 12.0 Å². The molecule has 1 atom stereocenters. The standard InChI is InChI=1S/C17H23NO4/c1-2-22-16-9-4-3-7-13(16)15(19)10-12-18-11-6-5-8-14(18)17(20)21/h3-4,7,9,14H,2,5-6,8,10-12H2,1H3,(H,20,21). The summed E-state index contributed by atoms with van der Waals surface area (Å²) in [5.74, 6) is -0.191. The third-order valence-corrected chi connectivity index (χ3v) is 4.01. The maximum absolute atomic E-state index is 12.4. The number of carboxylic acid groups (broad SMARTS) is 1. The molecule has 0 saturated carbocycles. The van der Waals surface area contributed by atoms with Crippen molar-refractivity contribution in [3.8, 4) is 5.75 Å². The van der Waals surface area contributed by atoms with Crippen LogP contribution in [0.25, 0.3) is 0 Å². The van der Waals surface area contributed by atoms with Gasteiger partial charge in [-0.1, -0.05) is 18.6 Å². The lowest BCUT2D eigenvalue weighted by atomic mass is 10.0. The van der Waals surface area contributed by atoms with Crippen molar-refractivity contribution >= 4 is 11.8 Å².